The number of hydrogen-bond donors (Lipinski definition) is 1. The molecule has 0 spiro atoms. The van der Waals surface area contributed by atoms with Gasteiger partial charge in [0.1, 0.15) is 5.60 Å². The van der Waals surface area contributed by atoms with Gasteiger partial charge < -0.3 is 15.0 Å². The minimum atomic E-state index is -0.405. The Kier molecular flexibility index (Phi) is 5.67. The third-order valence-corrected chi connectivity index (χ3v) is 5.24. The molecule has 0 radical (unpaired) electrons. The van der Waals surface area contributed by atoms with Crippen molar-refractivity contribution >= 4 is 6.09 Å². The molecule has 25 heavy (non-hydrogen) atoms. The van der Waals surface area contributed by atoms with Gasteiger partial charge in [-0.2, -0.15) is 0 Å². The summed E-state index contributed by atoms with van der Waals surface area (Å²) in [4.78, 5) is 14.0. The zero-order chi connectivity index (χ0) is 17.9. The van der Waals surface area contributed by atoms with E-state index < -0.39 is 5.60 Å². The highest BCUT2D eigenvalue weighted by molar-refractivity contribution is 5.68. The van der Waals surface area contributed by atoms with Gasteiger partial charge in [-0.15, -0.1) is 0 Å². The molecule has 1 aliphatic carbocycles. The molecular weight excluding hydrogens is 312 g/mol. The second-order valence-electron chi connectivity index (χ2n) is 8.51. The Morgan fingerprint density at radius 3 is 2.52 bits per heavy atom. The minimum absolute atomic E-state index is 0.159. The smallest absolute Gasteiger partial charge is 0.410 e. The van der Waals surface area contributed by atoms with Gasteiger partial charge in [0.15, 0.2) is 0 Å². The fourth-order valence-electron chi connectivity index (χ4n) is 3.69. The van der Waals surface area contributed by atoms with Crippen LogP contribution in [0, 0.1) is 5.92 Å². The largest absolute Gasteiger partial charge is 0.444 e. The van der Waals surface area contributed by atoms with Crippen molar-refractivity contribution in [3.05, 3.63) is 35.9 Å². The fourth-order valence-corrected chi connectivity index (χ4v) is 3.69. The maximum atomic E-state index is 12.1. The lowest BCUT2D eigenvalue weighted by atomic mass is 9.94. The second-order valence-corrected chi connectivity index (χ2v) is 8.51. The van der Waals surface area contributed by atoms with Crippen LogP contribution in [0.15, 0.2) is 30.3 Å². The van der Waals surface area contributed by atoms with Gasteiger partial charge in [-0.3, -0.25) is 0 Å². The normalized spacial score (nSPS) is 24.2. The summed E-state index contributed by atoms with van der Waals surface area (Å²) >= 11 is 0. The van der Waals surface area contributed by atoms with Crippen LogP contribution < -0.4 is 5.32 Å². The highest BCUT2D eigenvalue weighted by atomic mass is 16.6. The SMILES string of the molecule is CC(C)(C)OC(=O)N1CCC(CCNC2CC2c2ccccc2)CC1. The summed E-state index contributed by atoms with van der Waals surface area (Å²) in [5.74, 6) is 1.43. The van der Waals surface area contributed by atoms with Gasteiger partial charge in [0, 0.05) is 25.0 Å². The molecule has 1 N–H and O–H groups in total. The Morgan fingerprint density at radius 1 is 1.20 bits per heavy atom. The van der Waals surface area contributed by atoms with Gasteiger partial charge in [-0.25, -0.2) is 4.79 Å². The third kappa shape index (κ3) is 5.46. The first-order valence-electron chi connectivity index (χ1n) is 9.68. The first-order chi connectivity index (χ1) is 11.9. The molecule has 2 unspecified atom stereocenters. The van der Waals surface area contributed by atoms with Crippen LogP contribution in [0.5, 0.6) is 0 Å². The average Bonchev–Trinajstić information content (AvgIpc) is 3.34. The monoisotopic (exact) mass is 344 g/mol. The van der Waals surface area contributed by atoms with E-state index in [-0.39, 0.29) is 6.09 Å². The number of likely N-dealkylation sites (tertiary alicyclic amines) is 1. The lowest BCUT2D eigenvalue weighted by molar-refractivity contribution is 0.0181. The number of benzene rings is 1. The van der Waals surface area contributed by atoms with Gasteiger partial charge in [-0.05, 0) is 64.5 Å². The van der Waals surface area contributed by atoms with E-state index in [4.69, 9.17) is 4.74 Å². The van der Waals surface area contributed by atoms with Crippen LogP contribution in [0.4, 0.5) is 4.79 Å². The average molecular weight is 344 g/mol. The van der Waals surface area contributed by atoms with E-state index in [2.05, 4.69) is 35.6 Å². The predicted molar refractivity (Wildman–Crippen MR) is 101 cm³/mol. The zero-order valence-corrected chi connectivity index (χ0v) is 15.8. The molecule has 1 saturated carbocycles. The van der Waals surface area contributed by atoms with E-state index in [0.717, 1.165) is 38.4 Å². The molecule has 1 saturated heterocycles. The first-order valence-corrected chi connectivity index (χ1v) is 9.68. The van der Waals surface area contributed by atoms with E-state index in [1.54, 1.807) is 0 Å². The standard InChI is InChI=1S/C21H32N2O2/c1-21(2,3)25-20(24)23-13-10-16(11-14-23)9-12-22-19-15-18(19)17-7-5-4-6-8-17/h4-8,16,18-19,22H,9-15H2,1-3H3. The molecule has 3 rings (SSSR count). The van der Waals surface area contributed by atoms with Crippen LogP contribution in [-0.2, 0) is 4.74 Å². The van der Waals surface area contributed by atoms with Gasteiger partial charge in [0.2, 0.25) is 0 Å². The van der Waals surface area contributed by atoms with Crippen LogP contribution in [0.1, 0.15) is 57.9 Å². The van der Waals surface area contributed by atoms with Crippen LogP contribution in [-0.4, -0.2) is 42.3 Å². The number of amides is 1. The quantitative estimate of drug-likeness (QED) is 0.872. The van der Waals surface area contributed by atoms with Crippen LogP contribution >= 0.6 is 0 Å². The molecule has 1 aromatic carbocycles. The fraction of sp³-hybridized carbons (Fsp3) is 0.667. The van der Waals surface area contributed by atoms with Crippen molar-refractivity contribution < 1.29 is 9.53 Å². The topological polar surface area (TPSA) is 41.6 Å². The Hall–Kier alpha value is -1.55. The number of rotatable bonds is 5. The molecule has 0 bridgehead atoms. The van der Waals surface area contributed by atoms with Crippen molar-refractivity contribution in [2.75, 3.05) is 19.6 Å². The van der Waals surface area contributed by atoms with Crippen LogP contribution in [0.25, 0.3) is 0 Å². The number of ether oxygens (including phenoxy) is 1. The number of carbonyl (C=O) groups excluding carboxylic acids is 1. The highest BCUT2D eigenvalue weighted by Gasteiger charge is 2.37. The Bertz CT molecular complexity index is 559. The zero-order valence-electron chi connectivity index (χ0n) is 15.8. The summed E-state index contributed by atoms with van der Waals surface area (Å²) in [6.07, 6.45) is 4.50. The molecule has 0 aromatic heterocycles. The van der Waals surface area contributed by atoms with Crippen molar-refractivity contribution in [1.29, 1.82) is 0 Å². The molecule has 4 nitrogen and oxygen atoms in total. The van der Waals surface area contributed by atoms with Crippen molar-refractivity contribution in [3.63, 3.8) is 0 Å². The molecule has 2 atom stereocenters. The molecule has 1 amide bonds. The Balaban J connectivity index is 1.31. The van der Waals surface area contributed by atoms with Crippen molar-refractivity contribution in [3.8, 4) is 0 Å². The maximum absolute atomic E-state index is 12.1. The molecule has 1 heterocycles. The van der Waals surface area contributed by atoms with Crippen LogP contribution in [0.2, 0.25) is 0 Å². The summed E-state index contributed by atoms with van der Waals surface area (Å²) in [5, 5.41) is 3.71. The molecule has 1 aliphatic heterocycles. The van der Waals surface area contributed by atoms with Gasteiger partial charge >= 0.3 is 6.09 Å². The molecule has 4 heteroatoms. The summed E-state index contributed by atoms with van der Waals surface area (Å²) in [7, 11) is 0. The Morgan fingerprint density at radius 2 is 1.88 bits per heavy atom. The number of piperidine rings is 1. The minimum Gasteiger partial charge on any atom is -0.444 e. The summed E-state index contributed by atoms with van der Waals surface area (Å²) in [6.45, 7) is 8.51. The number of nitrogens with zero attached hydrogens (tertiary/aromatic N) is 1. The Labute approximate surface area is 151 Å². The van der Waals surface area contributed by atoms with E-state index in [0.29, 0.717) is 12.0 Å². The van der Waals surface area contributed by atoms with Crippen molar-refractivity contribution in [1.82, 2.24) is 10.2 Å². The van der Waals surface area contributed by atoms with E-state index in [1.807, 2.05) is 25.7 Å². The van der Waals surface area contributed by atoms with E-state index in [1.165, 1.54) is 18.4 Å². The maximum Gasteiger partial charge on any atom is 0.410 e. The molecular formula is C21H32N2O2. The third-order valence-electron chi connectivity index (χ3n) is 5.24. The summed E-state index contributed by atoms with van der Waals surface area (Å²) in [6, 6.07) is 11.5. The summed E-state index contributed by atoms with van der Waals surface area (Å²) < 4.78 is 5.46. The second kappa shape index (κ2) is 7.77. The molecule has 1 aromatic rings. The summed E-state index contributed by atoms with van der Waals surface area (Å²) in [5.41, 5.74) is 1.06. The first kappa shape index (κ1) is 18.2. The number of hydrogen-bond acceptors (Lipinski definition) is 3. The van der Waals surface area contributed by atoms with Gasteiger partial charge in [0.05, 0.1) is 0 Å². The lowest BCUT2D eigenvalue weighted by Crippen LogP contribution is -2.42. The van der Waals surface area contributed by atoms with E-state index >= 15 is 0 Å². The van der Waals surface area contributed by atoms with Crippen molar-refractivity contribution in [2.24, 2.45) is 5.92 Å². The van der Waals surface area contributed by atoms with E-state index in [9.17, 15) is 4.79 Å². The van der Waals surface area contributed by atoms with Crippen LogP contribution in [0.3, 0.4) is 0 Å². The lowest BCUT2D eigenvalue weighted by Gasteiger charge is -2.33. The number of nitrogens with one attached hydrogen (secondary N) is 1. The molecule has 138 valence electrons. The number of carbonyl (C=O) groups is 1. The highest BCUT2D eigenvalue weighted by Crippen LogP contribution is 2.40. The molecule has 2 aliphatic rings. The molecule has 2 fully saturated rings. The van der Waals surface area contributed by atoms with Gasteiger partial charge in [-0.1, -0.05) is 30.3 Å². The predicted octanol–water partition coefficient (Wildman–Crippen LogP) is 4.17. The van der Waals surface area contributed by atoms with Crippen molar-refractivity contribution in [2.45, 2.75) is 64.0 Å². The van der Waals surface area contributed by atoms with Gasteiger partial charge in [0.25, 0.3) is 0 Å².